The van der Waals surface area contributed by atoms with Crippen LogP contribution >= 0.6 is 16.1 Å². The van der Waals surface area contributed by atoms with Crippen molar-refractivity contribution in [2.24, 2.45) is 0 Å². The molecule has 3 heteroatoms. The van der Waals surface area contributed by atoms with Gasteiger partial charge in [-0.1, -0.05) is 109 Å². The third kappa shape index (κ3) is 3.41. The van der Waals surface area contributed by atoms with Crippen molar-refractivity contribution < 1.29 is 0 Å². The van der Waals surface area contributed by atoms with E-state index < -0.39 is 8.07 Å². The van der Waals surface area contributed by atoms with E-state index in [2.05, 4.69) is 114 Å². The molecule has 3 aliphatic rings. The third-order valence-electron chi connectivity index (χ3n) is 7.85. The zero-order valence-corrected chi connectivity index (χ0v) is 21.1. The average molecular weight is 478 g/mol. The molecule has 0 radical (unpaired) electrons. The standard InChI is InChI=1S/C31H29NP2/c1-3-11-23(12-4-1)30-19-20-31-28-17-9-7-13-24(28)21-26-22-25-14-8-10-18-29(25)33(32(26)34(30)31)27-15-5-2-6-16-27/h1-18,26,30-31H,19-22H2/t26?,30-,31-,33?,34?/m0/s1. The highest BCUT2D eigenvalue weighted by atomic mass is 31.2. The predicted octanol–water partition coefficient (Wildman–Crippen LogP) is 7.49. The second kappa shape index (κ2) is 8.73. The molecular weight excluding hydrogens is 448 g/mol. The van der Waals surface area contributed by atoms with Crippen LogP contribution < -0.4 is 10.6 Å². The van der Waals surface area contributed by atoms with E-state index in [1.807, 2.05) is 0 Å². The zero-order valence-electron chi connectivity index (χ0n) is 19.3. The van der Waals surface area contributed by atoms with Crippen LogP contribution in [0.3, 0.4) is 0 Å². The van der Waals surface area contributed by atoms with Crippen molar-refractivity contribution in [3.8, 4) is 0 Å². The molecule has 4 aromatic rings. The summed E-state index contributed by atoms with van der Waals surface area (Å²) in [5.74, 6) is 0. The lowest BCUT2D eigenvalue weighted by atomic mass is 9.93. The van der Waals surface area contributed by atoms with Gasteiger partial charge in [0.25, 0.3) is 0 Å². The summed E-state index contributed by atoms with van der Waals surface area (Å²) in [6, 6.07) is 42.2. The van der Waals surface area contributed by atoms with Gasteiger partial charge in [-0.25, -0.2) is 4.44 Å². The molecule has 0 spiro atoms. The van der Waals surface area contributed by atoms with Gasteiger partial charge >= 0.3 is 0 Å². The summed E-state index contributed by atoms with van der Waals surface area (Å²) in [5.41, 5.74) is 7.68. The largest absolute Gasteiger partial charge is 0.248 e. The molecule has 3 unspecified atom stereocenters. The van der Waals surface area contributed by atoms with Crippen LogP contribution in [-0.2, 0) is 12.8 Å². The molecule has 7 rings (SSSR count). The van der Waals surface area contributed by atoms with Crippen LogP contribution in [0.5, 0.6) is 0 Å². The predicted molar refractivity (Wildman–Crippen MR) is 147 cm³/mol. The Balaban J connectivity index is 1.46. The van der Waals surface area contributed by atoms with Crippen molar-refractivity contribution >= 4 is 26.8 Å². The molecule has 3 heterocycles. The van der Waals surface area contributed by atoms with Gasteiger partial charge in [0.1, 0.15) is 0 Å². The quantitative estimate of drug-likeness (QED) is 0.270. The topological polar surface area (TPSA) is 3.24 Å². The maximum Gasteiger partial charge on any atom is 0.0324 e. The lowest BCUT2D eigenvalue weighted by Crippen LogP contribution is -2.42. The van der Waals surface area contributed by atoms with Crippen LogP contribution in [0.4, 0.5) is 0 Å². The summed E-state index contributed by atoms with van der Waals surface area (Å²) in [5, 5.41) is 3.10. The fourth-order valence-corrected chi connectivity index (χ4v) is 14.4. The van der Waals surface area contributed by atoms with Crippen LogP contribution in [0.15, 0.2) is 109 Å². The minimum Gasteiger partial charge on any atom is -0.248 e. The lowest BCUT2D eigenvalue weighted by Gasteiger charge is -2.48. The fourth-order valence-electron chi connectivity index (χ4n) is 6.45. The molecule has 0 aromatic heterocycles. The third-order valence-corrected chi connectivity index (χ3v) is 14.6. The Bertz CT molecular complexity index is 1310. The molecule has 168 valence electrons. The van der Waals surface area contributed by atoms with Crippen molar-refractivity contribution in [2.75, 3.05) is 0 Å². The van der Waals surface area contributed by atoms with Gasteiger partial charge in [0.15, 0.2) is 0 Å². The Labute approximate surface area is 205 Å². The first-order valence-electron chi connectivity index (χ1n) is 12.5. The van der Waals surface area contributed by atoms with Gasteiger partial charge in [-0.2, -0.15) is 0 Å². The van der Waals surface area contributed by atoms with E-state index in [-0.39, 0.29) is 8.07 Å². The number of benzene rings is 4. The molecule has 0 saturated carbocycles. The Kier molecular flexibility index (Phi) is 5.40. The second-order valence-electron chi connectivity index (χ2n) is 9.76. The van der Waals surface area contributed by atoms with Crippen molar-refractivity contribution in [1.29, 1.82) is 0 Å². The second-order valence-corrected chi connectivity index (χ2v) is 14.6. The van der Waals surface area contributed by atoms with Gasteiger partial charge in [-0.3, -0.25) is 0 Å². The summed E-state index contributed by atoms with van der Waals surface area (Å²) in [4.78, 5) is 0. The van der Waals surface area contributed by atoms with E-state index in [4.69, 9.17) is 0 Å². The van der Waals surface area contributed by atoms with Gasteiger partial charge in [0.2, 0.25) is 0 Å². The Morgan fingerprint density at radius 2 is 1.21 bits per heavy atom. The first-order chi connectivity index (χ1) is 16.9. The SMILES string of the molecule is c1ccc([C@@H]2CC[C@H]3c4ccccc4CC4Cc5ccccc5P(c5ccccc5)N4P23)cc1. The first kappa shape index (κ1) is 21.0. The molecule has 0 N–H and O–H groups in total. The molecule has 4 aromatic carbocycles. The van der Waals surface area contributed by atoms with E-state index in [9.17, 15) is 0 Å². The lowest BCUT2D eigenvalue weighted by molar-refractivity contribution is 0.479. The van der Waals surface area contributed by atoms with E-state index in [1.54, 1.807) is 27.6 Å². The molecule has 1 fully saturated rings. The van der Waals surface area contributed by atoms with Crippen molar-refractivity contribution in [1.82, 2.24) is 4.44 Å². The molecule has 0 amide bonds. The highest BCUT2D eigenvalue weighted by Gasteiger charge is 2.50. The molecule has 3 aliphatic heterocycles. The van der Waals surface area contributed by atoms with E-state index >= 15 is 0 Å². The van der Waals surface area contributed by atoms with Crippen molar-refractivity contribution in [2.45, 2.75) is 43.0 Å². The molecule has 0 aliphatic carbocycles. The van der Waals surface area contributed by atoms with Gasteiger partial charge in [0, 0.05) is 25.4 Å². The van der Waals surface area contributed by atoms with Crippen LogP contribution in [0.1, 0.15) is 46.4 Å². The molecule has 34 heavy (non-hydrogen) atoms. The normalized spacial score (nSPS) is 27.7. The minimum atomic E-state index is -0.546. The van der Waals surface area contributed by atoms with Crippen molar-refractivity contribution in [3.05, 3.63) is 131 Å². The summed E-state index contributed by atoms with van der Waals surface area (Å²) in [7, 11) is -0.902. The smallest absolute Gasteiger partial charge is 0.0324 e. The minimum absolute atomic E-state index is 0.355. The van der Waals surface area contributed by atoms with Crippen molar-refractivity contribution in [3.63, 3.8) is 0 Å². The Morgan fingerprint density at radius 1 is 0.588 bits per heavy atom. The fraction of sp³-hybridized carbons (Fsp3) is 0.226. The van der Waals surface area contributed by atoms with E-state index in [0.717, 1.165) is 0 Å². The number of hydrogen-bond donors (Lipinski definition) is 0. The van der Waals surface area contributed by atoms with Crippen LogP contribution in [0.25, 0.3) is 0 Å². The number of nitrogens with zero attached hydrogens (tertiary/aromatic N) is 1. The monoisotopic (exact) mass is 477 g/mol. The molecule has 5 atom stereocenters. The average Bonchev–Trinajstić information content (AvgIpc) is 3.28. The maximum atomic E-state index is 3.11. The summed E-state index contributed by atoms with van der Waals surface area (Å²) >= 11 is 0. The van der Waals surface area contributed by atoms with Gasteiger partial charge in [-0.15, -0.1) is 0 Å². The highest BCUT2D eigenvalue weighted by molar-refractivity contribution is 7.79. The van der Waals surface area contributed by atoms with E-state index in [1.165, 1.54) is 31.0 Å². The highest BCUT2D eigenvalue weighted by Crippen LogP contribution is 2.78. The van der Waals surface area contributed by atoms with Gasteiger partial charge in [0.05, 0.1) is 0 Å². The molecular formula is C31H29NP2. The number of hydrogen-bond acceptors (Lipinski definition) is 1. The van der Waals surface area contributed by atoms with Crippen LogP contribution in [0.2, 0.25) is 0 Å². The van der Waals surface area contributed by atoms with Gasteiger partial charge < -0.3 is 0 Å². The Morgan fingerprint density at radius 3 is 2.03 bits per heavy atom. The van der Waals surface area contributed by atoms with E-state index in [0.29, 0.717) is 17.4 Å². The first-order valence-corrected chi connectivity index (χ1v) is 15.2. The summed E-state index contributed by atoms with van der Waals surface area (Å²) < 4.78 is 3.11. The number of rotatable bonds is 2. The molecule has 1 saturated heterocycles. The van der Waals surface area contributed by atoms with Crippen LogP contribution in [-0.4, -0.2) is 10.5 Å². The number of fused-ring (bicyclic) bond motifs is 6. The van der Waals surface area contributed by atoms with Crippen LogP contribution in [0, 0.1) is 0 Å². The summed E-state index contributed by atoms with van der Waals surface area (Å²) in [6.07, 6.45) is 4.96. The molecule has 1 nitrogen and oxygen atoms in total. The summed E-state index contributed by atoms with van der Waals surface area (Å²) in [6.45, 7) is 0. The molecule has 0 bridgehead atoms. The zero-order chi connectivity index (χ0) is 22.5. The Hall–Kier alpha value is -2.30. The van der Waals surface area contributed by atoms with Gasteiger partial charge in [-0.05, 0) is 66.6 Å². The maximum absolute atomic E-state index is 3.11.